The van der Waals surface area contributed by atoms with E-state index in [0.717, 1.165) is 28.2 Å². The van der Waals surface area contributed by atoms with E-state index in [2.05, 4.69) is 10.1 Å². The van der Waals surface area contributed by atoms with Gasteiger partial charge in [-0.25, -0.2) is 4.98 Å². The van der Waals surface area contributed by atoms with Gasteiger partial charge in [0.15, 0.2) is 5.82 Å². The third-order valence-corrected chi connectivity index (χ3v) is 5.00. The molecule has 9 heteroatoms. The fraction of sp³-hybridized carbons (Fsp3) is 0.190. The summed E-state index contributed by atoms with van der Waals surface area (Å²) in [4.78, 5) is 16.9. The summed E-state index contributed by atoms with van der Waals surface area (Å²) in [7, 11) is 1.57. The van der Waals surface area contributed by atoms with Gasteiger partial charge in [-0.15, -0.1) is 0 Å². The van der Waals surface area contributed by atoms with Gasteiger partial charge in [-0.3, -0.25) is 4.79 Å². The Balaban J connectivity index is 1.89. The van der Waals surface area contributed by atoms with Crippen molar-refractivity contribution in [3.63, 3.8) is 0 Å². The van der Waals surface area contributed by atoms with Crippen LogP contribution < -0.4 is 10.3 Å². The van der Waals surface area contributed by atoms with Crippen molar-refractivity contribution in [1.82, 2.24) is 19.3 Å². The summed E-state index contributed by atoms with van der Waals surface area (Å²) >= 11 is 0. The zero-order valence-electron chi connectivity index (χ0n) is 16.4. The normalized spacial score (nSPS) is 11.8. The SMILES string of the molecule is COc1cccc(-n2c(C)c3cnn(-c4ccc(C(F)(F)F)cn4)c(=O)c3c2C)c1. The van der Waals surface area contributed by atoms with E-state index in [1.165, 1.54) is 6.20 Å². The molecular weight excluding hydrogens is 397 g/mol. The second kappa shape index (κ2) is 7.01. The van der Waals surface area contributed by atoms with Crippen LogP contribution in [0, 0.1) is 13.8 Å². The van der Waals surface area contributed by atoms with Gasteiger partial charge in [0.05, 0.1) is 24.3 Å². The average molecular weight is 414 g/mol. The molecule has 0 saturated carbocycles. The Morgan fingerprint density at radius 2 is 1.80 bits per heavy atom. The summed E-state index contributed by atoms with van der Waals surface area (Å²) in [6.07, 6.45) is -2.29. The number of nitrogens with zero attached hydrogens (tertiary/aromatic N) is 4. The number of ether oxygens (including phenoxy) is 1. The molecule has 0 bridgehead atoms. The number of hydrogen-bond acceptors (Lipinski definition) is 4. The lowest BCUT2D eigenvalue weighted by atomic mass is 10.2. The summed E-state index contributed by atoms with van der Waals surface area (Å²) in [6.45, 7) is 3.68. The smallest absolute Gasteiger partial charge is 0.417 e. The van der Waals surface area contributed by atoms with Crippen molar-refractivity contribution in [2.45, 2.75) is 20.0 Å². The van der Waals surface area contributed by atoms with E-state index in [4.69, 9.17) is 4.74 Å². The molecule has 154 valence electrons. The Morgan fingerprint density at radius 1 is 1.03 bits per heavy atom. The topological polar surface area (TPSA) is 61.9 Å². The number of fused-ring (bicyclic) bond motifs is 1. The van der Waals surface area contributed by atoms with Gasteiger partial charge in [0, 0.05) is 34.7 Å². The zero-order chi connectivity index (χ0) is 21.6. The number of benzene rings is 1. The molecule has 3 aromatic heterocycles. The van der Waals surface area contributed by atoms with Crippen LogP contribution in [0.15, 0.2) is 53.6 Å². The average Bonchev–Trinajstić information content (AvgIpc) is 2.98. The van der Waals surface area contributed by atoms with Crippen molar-refractivity contribution in [2.75, 3.05) is 7.11 Å². The minimum absolute atomic E-state index is 0.0149. The van der Waals surface area contributed by atoms with Gasteiger partial charge in [-0.05, 0) is 38.1 Å². The summed E-state index contributed by atoms with van der Waals surface area (Å²) in [5.41, 5.74) is 0.967. The molecule has 30 heavy (non-hydrogen) atoms. The number of aromatic nitrogens is 4. The lowest BCUT2D eigenvalue weighted by Gasteiger charge is -2.10. The molecule has 0 N–H and O–H groups in total. The van der Waals surface area contributed by atoms with Crippen molar-refractivity contribution in [3.8, 4) is 17.3 Å². The number of alkyl halides is 3. The lowest BCUT2D eigenvalue weighted by molar-refractivity contribution is -0.137. The first kappa shape index (κ1) is 19.7. The molecule has 6 nitrogen and oxygen atoms in total. The van der Waals surface area contributed by atoms with Gasteiger partial charge >= 0.3 is 6.18 Å². The lowest BCUT2D eigenvalue weighted by Crippen LogP contribution is -2.22. The van der Waals surface area contributed by atoms with E-state index in [1.54, 1.807) is 14.0 Å². The van der Waals surface area contributed by atoms with Crippen LogP contribution in [0.25, 0.3) is 22.3 Å². The minimum Gasteiger partial charge on any atom is -0.497 e. The quantitative estimate of drug-likeness (QED) is 0.504. The molecule has 0 aliphatic heterocycles. The van der Waals surface area contributed by atoms with E-state index in [1.807, 2.05) is 35.8 Å². The molecular formula is C21H17F3N4O2. The summed E-state index contributed by atoms with van der Waals surface area (Å²) < 4.78 is 46.6. The molecule has 1 aromatic carbocycles. The molecule has 0 unspecified atom stereocenters. The van der Waals surface area contributed by atoms with E-state index in [9.17, 15) is 18.0 Å². The number of pyridine rings is 1. The molecule has 0 amide bonds. The summed E-state index contributed by atoms with van der Waals surface area (Å²) in [5, 5.41) is 5.21. The van der Waals surface area contributed by atoms with Gasteiger partial charge in [0.2, 0.25) is 0 Å². The van der Waals surface area contributed by atoms with Crippen LogP contribution >= 0.6 is 0 Å². The second-order valence-corrected chi connectivity index (χ2v) is 6.76. The van der Waals surface area contributed by atoms with Crippen LogP contribution in [0.5, 0.6) is 5.75 Å². The standard InChI is InChI=1S/C21H17F3N4O2/c1-12-17-11-26-28(18-8-7-14(10-25-18)21(22,23)24)20(29)19(17)13(2)27(12)15-5-4-6-16(9-15)30-3/h4-11H,1-3H3. The molecule has 0 atom stereocenters. The van der Waals surface area contributed by atoms with E-state index < -0.39 is 17.3 Å². The number of halogens is 3. The van der Waals surface area contributed by atoms with Crippen LogP contribution in [0.2, 0.25) is 0 Å². The van der Waals surface area contributed by atoms with Gasteiger partial charge in [-0.1, -0.05) is 6.07 Å². The maximum atomic E-state index is 13.2. The Bertz CT molecular complexity index is 1310. The molecule has 0 radical (unpaired) electrons. The first-order chi connectivity index (χ1) is 14.2. The summed E-state index contributed by atoms with van der Waals surface area (Å²) in [5.74, 6) is 0.689. The molecule has 0 fully saturated rings. The Hall–Kier alpha value is -3.62. The number of methoxy groups -OCH3 is 1. The third kappa shape index (κ3) is 3.12. The molecule has 4 aromatic rings. The third-order valence-electron chi connectivity index (χ3n) is 5.00. The Kier molecular flexibility index (Phi) is 4.60. The van der Waals surface area contributed by atoms with Gasteiger partial charge < -0.3 is 9.30 Å². The first-order valence-electron chi connectivity index (χ1n) is 9.00. The highest BCUT2D eigenvalue weighted by Gasteiger charge is 2.30. The van der Waals surface area contributed by atoms with Gasteiger partial charge in [0.1, 0.15) is 5.75 Å². The van der Waals surface area contributed by atoms with Crippen molar-refractivity contribution < 1.29 is 17.9 Å². The van der Waals surface area contributed by atoms with Crippen LogP contribution in [-0.2, 0) is 6.18 Å². The predicted octanol–water partition coefficient (Wildman–Crippen LogP) is 4.22. The monoisotopic (exact) mass is 414 g/mol. The van der Waals surface area contributed by atoms with Crippen molar-refractivity contribution >= 4 is 10.8 Å². The van der Waals surface area contributed by atoms with Crippen LogP contribution in [0.1, 0.15) is 17.0 Å². The van der Waals surface area contributed by atoms with Crippen LogP contribution in [0.3, 0.4) is 0 Å². The highest BCUT2D eigenvalue weighted by Crippen LogP contribution is 2.29. The molecule has 4 rings (SSSR count). The van der Waals surface area contributed by atoms with Crippen molar-refractivity contribution in [3.05, 3.63) is 76.1 Å². The fourth-order valence-electron chi connectivity index (χ4n) is 3.54. The summed E-state index contributed by atoms with van der Waals surface area (Å²) in [6, 6.07) is 9.42. The van der Waals surface area contributed by atoms with Gasteiger partial charge in [0.25, 0.3) is 5.56 Å². The molecule has 0 saturated heterocycles. The Labute approximate surface area is 169 Å². The van der Waals surface area contributed by atoms with Crippen molar-refractivity contribution in [1.29, 1.82) is 0 Å². The Morgan fingerprint density at radius 3 is 2.43 bits per heavy atom. The maximum Gasteiger partial charge on any atom is 0.417 e. The molecule has 0 aliphatic carbocycles. The number of aryl methyl sites for hydroxylation is 2. The molecule has 0 aliphatic rings. The number of rotatable bonds is 3. The fourth-order valence-corrected chi connectivity index (χ4v) is 3.54. The zero-order valence-corrected chi connectivity index (χ0v) is 16.4. The van der Waals surface area contributed by atoms with E-state index in [0.29, 0.717) is 28.4 Å². The van der Waals surface area contributed by atoms with Crippen molar-refractivity contribution in [2.24, 2.45) is 0 Å². The maximum absolute atomic E-state index is 13.2. The first-order valence-corrected chi connectivity index (χ1v) is 9.00. The molecule has 0 spiro atoms. The van der Waals surface area contributed by atoms with E-state index >= 15 is 0 Å². The largest absolute Gasteiger partial charge is 0.497 e. The highest BCUT2D eigenvalue weighted by atomic mass is 19.4. The van der Waals surface area contributed by atoms with E-state index in [-0.39, 0.29) is 5.82 Å². The van der Waals surface area contributed by atoms with Crippen LogP contribution in [0.4, 0.5) is 13.2 Å². The van der Waals surface area contributed by atoms with Gasteiger partial charge in [-0.2, -0.15) is 23.0 Å². The minimum atomic E-state index is -4.50. The highest BCUT2D eigenvalue weighted by molar-refractivity contribution is 5.88. The predicted molar refractivity (Wildman–Crippen MR) is 105 cm³/mol. The van der Waals surface area contributed by atoms with Crippen LogP contribution in [-0.4, -0.2) is 26.4 Å². The second-order valence-electron chi connectivity index (χ2n) is 6.76. The number of hydrogen-bond donors (Lipinski definition) is 0. The molecule has 3 heterocycles.